The molecular weight excluding hydrogens is 220 g/mol. The van der Waals surface area contributed by atoms with Crippen molar-refractivity contribution >= 4 is 11.8 Å². The summed E-state index contributed by atoms with van der Waals surface area (Å²) in [5.41, 5.74) is 2.11. The Labute approximate surface area is 101 Å². The predicted octanol–water partition coefficient (Wildman–Crippen LogP) is 2.61. The Kier molecular flexibility index (Phi) is 4.18. The van der Waals surface area contributed by atoms with Gasteiger partial charge in [0.05, 0.1) is 0 Å². The number of aromatic nitrogens is 2. The molecule has 4 heteroatoms. The van der Waals surface area contributed by atoms with Crippen LogP contribution in [0.3, 0.4) is 0 Å². The average molecular weight is 238 g/mol. The molecule has 0 N–H and O–H groups in total. The Morgan fingerprint density at radius 1 is 1.25 bits per heavy atom. The van der Waals surface area contributed by atoms with Crippen molar-refractivity contribution in [1.82, 2.24) is 9.97 Å². The number of rotatable bonds is 3. The molecule has 0 unspecified atom stereocenters. The zero-order chi connectivity index (χ0) is 11.4. The van der Waals surface area contributed by atoms with Crippen LogP contribution in [0, 0.1) is 19.8 Å². The van der Waals surface area contributed by atoms with Crippen LogP contribution >= 0.6 is 11.8 Å². The quantitative estimate of drug-likeness (QED) is 0.599. The van der Waals surface area contributed by atoms with Crippen LogP contribution in [0.5, 0.6) is 0 Å². The van der Waals surface area contributed by atoms with E-state index in [1.165, 1.54) is 12.8 Å². The summed E-state index contributed by atoms with van der Waals surface area (Å²) < 4.78 is 5.35. The lowest BCUT2D eigenvalue weighted by Crippen LogP contribution is -2.17. The van der Waals surface area contributed by atoms with Gasteiger partial charge in [-0.2, -0.15) is 0 Å². The molecule has 1 aliphatic heterocycles. The molecule has 2 rings (SSSR count). The summed E-state index contributed by atoms with van der Waals surface area (Å²) in [7, 11) is 0. The van der Waals surface area contributed by atoms with Gasteiger partial charge in [0.2, 0.25) is 0 Å². The van der Waals surface area contributed by atoms with Crippen LogP contribution in [0.1, 0.15) is 24.2 Å². The maximum atomic E-state index is 5.35. The fourth-order valence-corrected chi connectivity index (χ4v) is 3.00. The van der Waals surface area contributed by atoms with Crippen molar-refractivity contribution in [2.75, 3.05) is 19.0 Å². The van der Waals surface area contributed by atoms with Crippen molar-refractivity contribution in [2.24, 2.45) is 5.92 Å². The van der Waals surface area contributed by atoms with E-state index < -0.39 is 0 Å². The molecule has 1 saturated heterocycles. The first kappa shape index (κ1) is 11.9. The first-order valence-electron chi connectivity index (χ1n) is 5.77. The van der Waals surface area contributed by atoms with Crippen molar-refractivity contribution in [3.8, 4) is 0 Å². The van der Waals surface area contributed by atoms with Gasteiger partial charge in [-0.05, 0) is 38.7 Å². The van der Waals surface area contributed by atoms with Crippen LogP contribution < -0.4 is 0 Å². The van der Waals surface area contributed by atoms with Crippen molar-refractivity contribution in [3.63, 3.8) is 0 Å². The Morgan fingerprint density at radius 2 is 1.88 bits per heavy atom. The maximum Gasteiger partial charge on any atom is 0.187 e. The Morgan fingerprint density at radius 3 is 2.50 bits per heavy atom. The van der Waals surface area contributed by atoms with Gasteiger partial charge in [0.25, 0.3) is 0 Å². The molecule has 0 aromatic carbocycles. The topological polar surface area (TPSA) is 35.0 Å². The average Bonchev–Trinajstić information content (AvgIpc) is 2.27. The lowest BCUT2D eigenvalue weighted by molar-refractivity contribution is 0.0728. The highest BCUT2D eigenvalue weighted by Gasteiger charge is 2.14. The van der Waals surface area contributed by atoms with Crippen molar-refractivity contribution < 1.29 is 4.74 Å². The molecule has 88 valence electrons. The molecule has 0 bridgehead atoms. The second-order valence-corrected chi connectivity index (χ2v) is 5.29. The molecule has 16 heavy (non-hydrogen) atoms. The molecule has 0 atom stereocenters. The molecule has 0 radical (unpaired) electrons. The fourth-order valence-electron chi connectivity index (χ4n) is 1.86. The normalized spacial score (nSPS) is 17.6. The van der Waals surface area contributed by atoms with Gasteiger partial charge in [0.15, 0.2) is 5.16 Å². The van der Waals surface area contributed by atoms with Crippen LogP contribution in [-0.2, 0) is 4.74 Å². The number of ether oxygens (including phenoxy) is 1. The van der Waals surface area contributed by atoms with Gasteiger partial charge < -0.3 is 4.74 Å². The zero-order valence-corrected chi connectivity index (χ0v) is 10.7. The summed E-state index contributed by atoms with van der Waals surface area (Å²) in [5.74, 6) is 1.88. The number of nitrogens with zero attached hydrogens (tertiary/aromatic N) is 2. The molecule has 0 saturated carbocycles. The standard InChI is InChI=1S/C12H18N2OS/c1-9-7-10(2)14-12(13-9)16-8-11-3-5-15-6-4-11/h7,11H,3-6,8H2,1-2H3. The molecule has 2 heterocycles. The van der Waals surface area contributed by atoms with E-state index in [2.05, 4.69) is 9.97 Å². The third-order valence-electron chi connectivity index (χ3n) is 2.75. The minimum Gasteiger partial charge on any atom is -0.381 e. The number of thioether (sulfide) groups is 1. The molecule has 1 fully saturated rings. The first-order chi connectivity index (χ1) is 7.74. The Hall–Kier alpha value is -0.610. The maximum absolute atomic E-state index is 5.35. The molecule has 0 aliphatic carbocycles. The van der Waals surface area contributed by atoms with Crippen LogP contribution in [0.25, 0.3) is 0 Å². The zero-order valence-electron chi connectivity index (χ0n) is 9.90. The molecule has 3 nitrogen and oxygen atoms in total. The minimum absolute atomic E-state index is 0.767. The van der Waals surface area contributed by atoms with Crippen LogP contribution in [-0.4, -0.2) is 28.9 Å². The first-order valence-corrected chi connectivity index (χ1v) is 6.75. The highest BCUT2D eigenvalue weighted by Crippen LogP contribution is 2.23. The van der Waals surface area contributed by atoms with E-state index in [1.807, 2.05) is 19.9 Å². The Bertz CT molecular complexity index is 331. The van der Waals surface area contributed by atoms with Gasteiger partial charge in [0.1, 0.15) is 0 Å². The van der Waals surface area contributed by atoms with Gasteiger partial charge in [-0.3, -0.25) is 0 Å². The van der Waals surface area contributed by atoms with E-state index in [1.54, 1.807) is 11.8 Å². The van der Waals surface area contributed by atoms with Crippen molar-refractivity contribution in [1.29, 1.82) is 0 Å². The van der Waals surface area contributed by atoms with Gasteiger partial charge in [-0.15, -0.1) is 0 Å². The molecule has 0 amide bonds. The van der Waals surface area contributed by atoms with E-state index >= 15 is 0 Å². The fraction of sp³-hybridized carbons (Fsp3) is 0.667. The van der Waals surface area contributed by atoms with Gasteiger partial charge in [0, 0.05) is 30.4 Å². The summed E-state index contributed by atoms with van der Waals surface area (Å²) in [5, 5.41) is 0.920. The lowest BCUT2D eigenvalue weighted by atomic mass is 10.0. The van der Waals surface area contributed by atoms with Crippen LogP contribution in [0.4, 0.5) is 0 Å². The SMILES string of the molecule is Cc1cc(C)nc(SCC2CCOCC2)n1. The van der Waals surface area contributed by atoms with Gasteiger partial charge >= 0.3 is 0 Å². The second kappa shape index (κ2) is 5.64. The number of hydrogen-bond acceptors (Lipinski definition) is 4. The summed E-state index contributed by atoms with van der Waals surface area (Å²) in [4.78, 5) is 8.88. The number of hydrogen-bond donors (Lipinski definition) is 0. The van der Waals surface area contributed by atoms with Gasteiger partial charge in [-0.25, -0.2) is 9.97 Å². The largest absolute Gasteiger partial charge is 0.381 e. The third kappa shape index (κ3) is 3.46. The highest BCUT2D eigenvalue weighted by molar-refractivity contribution is 7.99. The van der Waals surface area contributed by atoms with E-state index in [4.69, 9.17) is 4.74 Å². The van der Waals surface area contributed by atoms with Gasteiger partial charge in [-0.1, -0.05) is 11.8 Å². The Balaban J connectivity index is 1.88. The lowest BCUT2D eigenvalue weighted by Gasteiger charge is -2.21. The molecule has 1 aliphatic rings. The number of aryl methyl sites for hydroxylation is 2. The summed E-state index contributed by atoms with van der Waals surface area (Å²) in [6, 6.07) is 2.01. The predicted molar refractivity (Wildman–Crippen MR) is 65.8 cm³/mol. The third-order valence-corrected chi connectivity index (χ3v) is 3.83. The highest BCUT2D eigenvalue weighted by atomic mass is 32.2. The monoisotopic (exact) mass is 238 g/mol. The van der Waals surface area contributed by atoms with Crippen LogP contribution in [0.2, 0.25) is 0 Å². The molecule has 1 aromatic rings. The smallest absolute Gasteiger partial charge is 0.187 e. The van der Waals surface area contributed by atoms with Crippen molar-refractivity contribution in [2.45, 2.75) is 31.8 Å². The molecular formula is C12H18N2OS. The van der Waals surface area contributed by atoms with E-state index in [-0.39, 0.29) is 0 Å². The van der Waals surface area contributed by atoms with E-state index in [0.717, 1.165) is 41.4 Å². The summed E-state index contributed by atoms with van der Waals surface area (Å²) in [6.45, 7) is 5.87. The van der Waals surface area contributed by atoms with Crippen LogP contribution in [0.15, 0.2) is 11.2 Å². The van der Waals surface area contributed by atoms with E-state index in [9.17, 15) is 0 Å². The molecule has 0 spiro atoms. The summed E-state index contributed by atoms with van der Waals surface area (Å²) >= 11 is 1.78. The van der Waals surface area contributed by atoms with Crippen molar-refractivity contribution in [3.05, 3.63) is 17.5 Å². The second-order valence-electron chi connectivity index (χ2n) is 4.30. The molecule has 1 aromatic heterocycles. The van der Waals surface area contributed by atoms with E-state index in [0.29, 0.717) is 0 Å². The summed E-state index contributed by atoms with van der Waals surface area (Å²) in [6.07, 6.45) is 2.36. The minimum atomic E-state index is 0.767.